The van der Waals surface area contributed by atoms with Crippen molar-refractivity contribution in [2.24, 2.45) is 0 Å². The van der Waals surface area contributed by atoms with E-state index < -0.39 is 6.10 Å². The van der Waals surface area contributed by atoms with E-state index in [1.54, 1.807) is 43.3 Å². The number of hydrogen-bond donors (Lipinski definition) is 1. The summed E-state index contributed by atoms with van der Waals surface area (Å²) in [5, 5.41) is 4.20. The van der Waals surface area contributed by atoms with Crippen LogP contribution in [0.3, 0.4) is 0 Å². The summed E-state index contributed by atoms with van der Waals surface area (Å²) < 4.78 is 5.66. The Balaban J connectivity index is 2.05. The third kappa shape index (κ3) is 4.29. The summed E-state index contributed by atoms with van der Waals surface area (Å²) in [7, 11) is 0. The summed E-state index contributed by atoms with van der Waals surface area (Å²) in [4.78, 5) is 12.2. The van der Waals surface area contributed by atoms with Gasteiger partial charge in [-0.15, -0.1) is 0 Å². The van der Waals surface area contributed by atoms with Gasteiger partial charge in [0.15, 0.2) is 6.10 Å². The van der Waals surface area contributed by atoms with E-state index in [1.807, 2.05) is 6.92 Å². The molecule has 116 valence electrons. The Morgan fingerprint density at radius 2 is 1.73 bits per heavy atom. The smallest absolute Gasteiger partial charge is 0.265 e. The summed E-state index contributed by atoms with van der Waals surface area (Å²) in [6.07, 6.45) is -0.688. The van der Waals surface area contributed by atoms with Crippen molar-refractivity contribution < 1.29 is 9.53 Å². The molecule has 0 aliphatic heterocycles. The maximum atomic E-state index is 12.2. The van der Waals surface area contributed by atoms with Crippen molar-refractivity contribution in [1.82, 2.24) is 0 Å². The number of amides is 1. The Bertz CT molecular complexity index is 704. The van der Waals surface area contributed by atoms with Crippen molar-refractivity contribution in [2.75, 3.05) is 5.32 Å². The predicted octanol–water partition coefficient (Wildman–Crippen LogP) is 5.36. The van der Waals surface area contributed by atoms with Crippen LogP contribution in [0.15, 0.2) is 36.4 Å². The van der Waals surface area contributed by atoms with Gasteiger partial charge in [0.25, 0.3) is 5.91 Å². The first-order chi connectivity index (χ1) is 10.4. The standard InChI is InChI=1S/C16H14Cl3NO2/c1-9-7-11(17)4-6-15(9)22-10(2)16(21)20-14-5-3-12(18)8-13(14)19/h3-8,10H,1-2H3,(H,20,21)/t10-/m1/s1. The molecule has 0 fully saturated rings. The van der Waals surface area contributed by atoms with Crippen LogP contribution in [-0.2, 0) is 4.79 Å². The van der Waals surface area contributed by atoms with Crippen molar-refractivity contribution in [1.29, 1.82) is 0 Å². The van der Waals surface area contributed by atoms with Gasteiger partial charge in [-0.3, -0.25) is 4.79 Å². The highest BCUT2D eigenvalue weighted by Gasteiger charge is 2.17. The van der Waals surface area contributed by atoms with Gasteiger partial charge >= 0.3 is 0 Å². The number of aryl methyl sites for hydroxylation is 1. The molecule has 0 unspecified atom stereocenters. The van der Waals surface area contributed by atoms with Crippen LogP contribution in [0, 0.1) is 6.92 Å². The number of halogens is 3. The summed E-state index contributed by atoms with van der Waals surface area (Å²) in [6, 6.07) is 10.1. The number of nitrogens with one attached hydrogen (secondary N) is 1. The molecular formula is C16H14Cl3NO2. The minimum absolute atomic E-state index is 0.307. The molecule has 1 N–H and O–H groups in total. The van der Waals surface area contributed by atoms with Gasteiger partial charge in [-0.05, 0) is 55.8 Å². The van der Waals surface area contributed by atoms with E-state index in [2.05, 4.69) is 5.32 Å². The third-order valence-electron chi connectivity index (χ3n) is 3.00. The first-order valence-electron chi connectivity index (χ1n) is 6.55. The first-order valence-corrected chi connectivity index (χ1v) is 7.69. The molecule has 0 saturated carbocycles. The molecule has 1 amide bonds. The lowest BCUT2D eigenvalue weighted by Crippen LogP contribution is -2.30. The van der Waals surface area contributed by atoms with Crippen LogP contribution in [-0.4, -0.2) is 12.0 Å². The summed E-state index contributed by atoms with van der Waals surface area (Å²) in [5.41, 5.74) is 1.34. The van der Waals surface area contributed by atoms with Gasteiger partial charge < -0.3 is 10.1 Å². The molecule has 0 heterocycles. The van der Waals surface area contributed by atoms with Gasteiger partial charge in [-0.2, -0.15) is 0 Å². The van der Waals surface area contributed by atoms with Gasteiger partial charge in [0.1, 0.15) is 5.75 Å². The summed E-state index contributed by atoms with van der Waals surface area (Å²) in [6.45, 7) is 3.52. The molecule has 0 spiro atoms. The fourth-order valence-corrected chi connectivity index (χ4v) is 2.50. The number of hydrogen-bond acceptors (Lipinski definition) is 2. The molecule has 22 heavy (non-hydrogen) atoms. The number of rotatable bonds is 4. The average Bonchev–Trinajstić information content (AvgIpc) is 2.44. The van der Waals surface area contributed by atoms with Crippen LogP contribution in [0.25, 0.3) is 0 Å². The minimum atomic E-state index is -0.688. The zero-order valence-electron chi connectivity index (χ0n) is 12.0. The van der Waals surface area contributed by atoms with E-state index in [9.17, 15) is 4.79 Å². The molecule has 1 atom stereocenters. The second-order valence-corrected chi connectivity index (χ2v) is 6.06. The molecule has 0 aliphatic rings. The fourth-order valence-electron chi connectivity index (χ4n) is 1.81. The van der Waals surface area contributed by atoms with Gasteiger partial charge in [-0.1, -0.05) is 34.8 Å². The molecule has 3 nitrogen and oxygen atoms in total. The highest BCUT2D eigenvalue weighted by atomic mass is 35.5. The summed E-state index contributed by atoms with van der Waals surface area (Å²) in [5.74, 6) is 0.299. The largest absolute Gasteiger partial charge is 0.481 e. The Hall–Kier alpha value is -1.42. The van der Waals surface area contributed by atoms with Crippen molar-refractivity contribution in [3.63, 3.8) is 0 Å². The molecule has 0 radical (unpaired) electrons. The van der Waals surface area contributed by atoms with Crippen LogP contribution in [0.1, 0.15) is 12.5 Å². The maximum Gasteiger partial charge on any atom is 0.265 e. The molecular weight excluding hydrogens is 345 g/mol. The lowest BCUT2D eigenvalue weighted by molar-refractivity contribution is -0.122. The number of ether oxygens (including phenoxy) is 1. The maximum absolute atomic E-state index is 12.2. The highest BCUT2D eigenvalue weighted by Crippen LogP contribution is 2.26. The van der Waals surface area contributed by atoms with E-state index in [4.69, 9.17) is 39.5 Å². The molecule has 0 aliphatic carbocycles. The Kier molecular flexibility index (Phi) is 5.57. The highest BCUT2D eigenvalue weighted by molar-refractivity contribution is 6.36. The number of carbonyl (C=O) groups excluding carboxylic acids is 1. The van der Waals surface area contributed by atoms with Crippen LogP contribution in [0.2, 0.25) is 15.1 Å². The molecule has 0 aromatic heterocycles. The SMILES string of the molecule is Cc1cc(Cl)ccc1O[C@H](C)C(=O)Nc1ccc(Cl)cc1Cl. The van der Waals surface area contributed by atoms with Crippen LogP contribution < -0.4 is 10.1 Å². The Labute approximate surface area is 144 Å². The zero-order chi connectivity index (χ0) is 16.3. The van der Waals surface area contributed by atoms with Crippen molar-refractivity contribution >= 4 is 46.4 Å². The molecule has 2 rings (SSSR count). The van der Waals surface area contributed by atoms with Gasteiger partial charge in [0.2, 0.25) is 0 Å². The Morgan fingerprint density at radius 1 is 1.09 bits per heavy atom. The summed E-state index contributed by atoms with van der Waals surface area (Å²) >= 11 is 17.7. The molecule has 2 aromatic carbocycles. The van der Waals surface area contributed by atoms with Gasteiger partial charge in [0, 0.05) is 10.0 Å². The number of anilines is 1. The third-order valence-corrected chi connectivity index (χ3v) is 3.78. The van der Waals surface area contributed by atoms with E-state index in [1.165, 1.54) is 0 Å². The van der Waals surface area contributed by atoms with Crippen molar-refractivity contribution in [3.8, 4) is 5.75 Å². The van der Waals surface area contributed by atoms with Crippen molar-refractivity contribution in [3.05, 3.63) is 57.0 Å². The second-order valence-electron chi connectivity index (χ2n) is 4.78. The monoisotopic (exact) mass is 357 g/mol. The fraction of sp³-hybridized carbons (Fsp3) is 0.188. The van der Waals surface area contributed by atoms with E-state index in [-0.39, 0.29) is 5.91 Å². The topological polar surface area (TPSA) is 38.3 Å². The molecule has 0 bridgehead atoms. The average molecular weight is 359 g/mol. The molecule has 6 heteroatoms. The number of benzene rings is 2. The van der Waals surface area contributed by atoms with Crippen LogP contribution in [0.5, 0.6) is 5.75 Å². The molecule has 2 aromatic rings. The molecule has 0 saturated heterocycles. The lowest BCUT2D eigenvalue weighted by Gasteiger charge is -2.17. The first kappa shape index (κ1) is 16.9. The predicted molar refractivity (Wildman–Crippen MR) is 91.4 cm³/mol. The van der Waals surface area contributed by atoms with Gasteiger partial charge in [-0.25, -0.2) is 0 Å². The number of carbonyl (C=O) groups is 1. The van der Waals surface area contributed by atoms with Crippen molar-refractivity contribution in [2.45, 2.75) is 20.0 Å². The van der Waals surface area contributed by atoms with E-state index in [0.717, 1.165) is 5.56 Å². The normalized spacial score (nSPS) is 11.9. The minimum Gasteiger partial charge on any atom is -0.481 e. The lowest BCUT2D eigenvalue weighted by atomic mass is 10.2. The van der Waals surface area contributed by atoms with E-state index in [0.29, 0.717) is 26.5 Å². The van der Waals surface area contributed by atoms with Crippen LogP contribution in [0.4, 0.5) is 5.69 Å². The quantitative estimate of drug-likeness (QED) is 0.799. The Morgan fingerprint density at radius 3 is 2.36 bits per heavy atom. The zero-order valence-corrected chi connectivity index (χ0v) is 14.3. The van der Waals surface area contributed by atoms with E-state index >= 15 is 0 Å². The van der Waals surface area contributed by atoms with Gasteiger partial charge in [0.05, 0.1) is 10.7 Å². The van der Waals surface area contributed by atoms with Crippen LogP contribution >= 0.6 is 34.8 Å². The second kappa shape index (κ2) is 7.23.